The number of benzene rings is 2. The lowest BCUT2D eigenvalue weighted by atomic mass is 10.1. The molecule has 0 unspecified atom stereocenters. The van der Waals surface area contributed by atoms with E-state index in [0.717, 1.165) is 0 Å². The number of para-hydroxylation sites is 1. The average molecular weight is 365 g/mol. The number of rotatable bonds is 7. The molecule has 0 spiro atoms. The van der Waals surface area contributed by atoms with Crippen LogP contribution in [0.15, 0.2) is 59.4 Å². The summed E-state index contributed by atoms with van der Waals surface area (Å²) in [6.07, 6.45) is 0.683. The molecule has 0 saturated heterocycles. The van der Waals surface area contributed by atoms with Crippen LogP contribution < -0.4 is 15.8 Å². The number of aryl methyl sites for hydroxylation is 1. The smallest absolute Gasteiger partial charge is 0.258 e. The van der Waals surface area contributed by atoms with Crippen molar-refractivity contribution in [1.29, 1.82) is 0 Å². The maximum absolute atomic E-state index is 12.3. The molecule has 1 heterocycles. The third-order valence-corrected chi connectivity index (χ3v) is 4.65. The van der Waals surface area contributed by atoms with Gasteiger partial charge in [0.25, 0.3) is 5.56 Å². The minimum Gasteiger partial charge on any atom is -0.350 e. The topological polar surface area (TPSA) is 79.3 Å². The summed E-state index contributed by atoms with van der Waals surface area (Å²) in [5.41, 5.74) is 1.67. The average Bonchev–Trinajstić information content (AvgIpc) is 2.67. The third kappa shape index (κ3) is 4.80. The summed E-state index contributed by atoms with van der Waals surface area (Å²) in [5, 5.41) is 3.57. The molecule has 2 aromatic carbocycles. The van der Waals surface area contributed by atoms with E-state index in [1.807, 2.05) is 30.3 Å². The lowest BCUT2D eigenvalue weighted by Crippen LogP contribution is -3.07. The first-order chi connectivity index (χ1) is 13.0. The van der Waals surface area contributed by atoms with Crippen LogP contribution in [0.2, 0.25) is 0 Å². The third-order valence-electron chi connectivity index (χ3n) is 4.65. The van der Waals surface area contributed by atoms with Crippen LogP contribution in [0.3, 0.4) is 0 Å². The van der Waals surface area contributed by atoms with Crippen LogP contribution >= 0.6 is 0 Å². The van der Waals surface area contributed by atoms with Gasteiger partial charge in [0.15, 0.2) is 0 Å². The summed E-state index contributed by atoms with van der Waals surface area (Å²) >= 11 is 0. The molecule has 0 bridgehead atoms. The summed E-state index contributed by atoms with van der Waals surface area (Å²) in [7, 11) is 4.15. The number of aromatic nitrogens is 2. The van der Waals surface area contributed by atoms with Gasteiger partial charge in [-0.15, -0.1) is 0 Å². The molecule has 0 fully saturated rings. The Balaban J connectivity index is 1.59. The number of nitrogens with zero attached hydrogens (tertiary/aromatic N) is 1. The fourth-order valence-electron chi connectivity index (χ4n) is 3.13. The first kappa shape index (κ1) is 18.8. The summed E-state index contributed by atoms with van der Waals surface area (Å²) in [4.78, 5) is 32.8. The van der Waals surface area contributed by atoms with Gasteiger partial charge >= 0.3 is 0 Å². The maximum atomic E-state index is 12.3. The van der Waals surface area contributed by atoms with E-state index in [4.69, 9.17) is 0 Å². The second kappa shape index (κ2) is 8.60. The van der Waals surface area contributed by atoms with Gasteiger partial charge in [-0.2, -0.15) is 0 Å². The van der Waals surface area contributed by atoms with Crippen LogP contribution in [0.1, 0.15) is 23.9 Å². The molecule has 1 atom stereocenters. The molecule has 27 heavy (non-hydrogen) atoms. The van der Waals surface area contributed by atoms with Crippen molar-refractivity contribution in [2.75, 3.05) is 20.6 Å². The fourth-order valence-corrected chi connectivity index (χ4v) is 3.13. The second-order valence-corrected chi connectivity index (χ2v) is 6.87. The molecule has 0 aliphatic carbocycles. The van der Waals surface area contributed by atoms with Gasteiger partial charge in [-0.05, 0) is 12.1 Å². The number of hydrogen-bond donors (Lipinski definition) is 3. The van der Waals surface area contributed by atoms with Crippen LogP contribution in [0.5, 0.6) is 0 Å². The van der Waals surface area contributed by atoms with Gasteiger partial charge < -0.3 is 15.2 Å². The van der Waals surface area contributed by atoms with E-state index < -0.39 is 0 Å². The predicted molar refractivity (Wildman–Crippen MR) is 106 cm³/mol. The Morgan fingerprint density at radius 2 is 1.81 bits per heavy atom. The summed E-state index contributed by atoms with van der Waals surface area (Å²) < 4.78 is 0. The second-order valence-electron chi connectivity index (χ2n) is 6.87. The molecular formula is C21H25N4O2+. The quantitative estimate of drug-likeness (QED) is 0.581. The van der Waals surface area contributed by atoms with E-state index in [-0.39, 0.29) is 23.9 Å². The minimum atomic E-state index is -0.170. The molecular weight excluding hydrogens is 340 g/mol. The van der Waals surface area contributed by atoms with Crippen LogP contribution in [0.4, 0.5) is 0 Å². The SMILES string of the molecule is C[NH+](C)[C@H](CNC(=O)CCc1nc2ccccc2c(=O)[nH]1)c1ccccc1. The number of aromatic amines is 1. The van der Waals surface area contributed by atoms with Gasteiger partial charge in [0.1, 0.15) is 11.9 Å². The first-order valence-corrected chi connectivity index (χ1v) is 9.14. The highest BCUT2D eigenvalue weighted by atomic mass is 16.1. The number of carbonyl (C=O) groups is 1. The van der Waals surface area contributed by atoms with E-state index in [1.54, 1.807) is 12.1 Å². The van der Waals surface area contributed by atoms with Crippen molar-refractivity contribution >= 4 is 16.8 Å². The largest absolute Gasteiger partial charge is 0.350 e. The zero-order valence-electron chi connectivity index (χ0n) is 15.7. The summed E-state index contributed by atoms with van der Waals surface area (Å²) in [6, 6.07) is 17.5. The molecule has 0 saturated carbocycles. The monoisotopic (exact) mass is 365 g/mol. The van der Waals surface area contributed by atoms with Crippen molar-refractivity contribution in [2.24, 2.45) is 0 Å². The number of hydrogen-bond acceptors (Lipinski definition) is 3. The van der Waals surface area contributed by atoms with Crippen LogP contribution in [-0.2, 0) is 11.2 Å². The first-order valence-electron chi connectivity index (χ1n) is 9.14. The fraction of sp³-hybridized carbons (Fsp3) is 0.286. The number of fused-ring (bicyclic) bond motifs is 1. The van der Waals surface area contributed by atoms with Gasteiger partial charge in [0.05, 0.1) is 31.5 Å². The molecule has 0 aliphatic heterocycles. The summed E-state index contributed by atoms with van der Waals surface area (Å²) in [5.74, 6) is 0.486. The van der Waals surface area contributed by atoms with E-state index in [1.165, 1.54) is 10.5 Å². The normalized spacial score (nSPS) is 12.3. The Labute approximate surface area is 158 Å². The Morgan fingerprint density at radius 3 is 2.56 bits per heavy atom. The minimum absolute atomic E-state index is 0.0482. The highest BCUT2D eigenvalue weighted by molar-refractivity contribution is 5.78. The van der Waals surface area contributed by atoms with Gasteiger partial charge in [-0.25, -0.2) is 4.98 Å². The van der Waals surface area contributed by atoms with E-state index in [0.29, 0.717) is 29.7 Å². The number of H-pyrrole nitrogens is 1. The molecule has 3 N–H and O–H groups in total. The van der Waals surface area contributed by atoms with Crippen molar-refractivity contribution < 1.29 is 9.69 Å². The number of quaternary nitrogens is 1. The van der Waals surface area contributed by atoms with Crippen molar-refractivity contribution in [3.8, 4) is 0 Å². The molecule has 6 nitrogen and oxygen atoms in total. The molecule has 140 valence electrons. The highest BCUT2D eigenvalue weighted by Gasteiger charge is 2.18. The lowest BCUT2D eigenvalue weighted by Gasteiger charge is -2.22. The van der Waals surface area contributed by atoms with Gasteiger partial charge in [0, 0.05) is 18.4 Å². The predicted octanol–water partition coefficient (Wildman–Crippen LogP) is 0.858. The summed E-state index contributed by atoms with van der Waals surface area (Å²) in [6.45, 7) is 0.562. The van der Waals surface area contributed by atoms with Crippen LogP contribution in [-0.4, -0.2) is 36.5 Å². The van der Waals surface area contributed by atoms with Crippen molar-refractivity contribution in [2.45, 2.75) is 18.9 Å². The Morgan fingerprint density at radius 1 is 1.11 bits per heavy atom. The van der Waals surface area contributed by atoms with Crippen molar-refractivity contribution in [3.63, 3.8) is 0 Å². The molecule has 1 amide bonds. The number of carbonyl (C=O) groups excluding carboxylic acids is 1. The van der Waals surface area contributed by atoms with E-state index >= 15 is 0 Å². The zero-order valence-corrected chi connectivity index (χ0v) is 15.7. The van der Waals surface area contributed by atoms with Gasteiger partial charge in [-0.1, -0.05) is 42.5 Å². The van der Waals surface area contributed by atoms with Crippen molar-refractivity contribution in [1.82, 2.24) is 15.3 Å². The molecule has 3 rings (SSSR count). The Bertz CT molecular complexity index is 967. The maximum Gasteiger partial charge on any atom is 0.258 e. The number of nitrogens with one attached hydrogen (secondary N) is 3. The van der Waals surface area contributed by atoms with Crippen molar-refractivity contribution in [3.05, 3.63) is 76.3 Å². The van der Waals surface area contributed by atoms with Gasteiger partial charge in [-0.3, -0.25) is 9.59 Å². The van der Waals surface area contributed by atoms with E-state index in [2.05, 4.69) is 41.5 Å². The van der Waals surface area contributed by atoms with E-state index in [9.17, 15) is 9.59 Å². The highest BCUT2D eigenvalue weighted by Crippen LogP contribution is 2.09. The molecule has 0 aliphatic rings. The molecule has 1 aromatic heterocycles. The Hall–Kier alpha value is -2.99. The zero-order chi connectivity index (χ0) is 19.2. The molecule has 0 radical (unpaired) electrons. The molecule has 3 aromatic rings. The number of amides is 1. The number of likely N-dealkylation sites (N-methyl/N-ethyl adjacent to an activating group) is 1. The Kier molecular flexibility index (Phi) is 5.98. The van der Waals surface area contributed by atoms with Crippen LogP contribution in [0.25, 0.3) is 10.9 Å². The van der Waals surface area contributed by atoms with Crippen LogP contribution in [0, 0.1) is 0 Å². The lowest BCUT2D eigenvalue weighted by molar-refractivity contribution is -0.890. The van der Waals surface area contributed by atoms with Gasteiger partial charge in [0.2, 0.25) is 5.91 Å². The standard InChI is InChI=1S/C21H24N4O2/c1-25(2)18(15-8-4-3-5-9-15)14-22-20(26)13-12-19-23-17-11-7-6-10-16(17)21(27)24-19/h3-11,18H,12-14H2,1-2H3,(H,22,26)(H,23,24,27)/p+1/t18-/m1/s1. The molecule has 6 heteroatoms.